The number of nitrogens with one attached hydrogen (secondary N) is 1. The van der Waals surface area contributed by atoms with Gasteiger partial charge in [-0.2, -0.15) is 0 Å². The summed E-state index contributed by atoms with van der Waals surface area (Å²) in [5, 5.41) is 0.924. The van der Waals surface area contributed by atoms with Crippen molar-refractivity contribution >= 4 is 43.6 Å². The number of halogens is 1. The Morgan fingerprint density at radius 2 is 1.98 bits per heavy atom. The molecule has 2 fully saturated rings. The van der Waals surface area contributed by atoms with Crippen LogP contribution in [0.2, 0.25) is 23.2 Å². The Labute approximate surface area is 310 Å². The summed E-state index contributed by atoms with van der Waals surface area (Å²) < 4.78 is 25.5. The van der Waals surface area contributed by atoms with E-state index in [2.05, 4.69) is 78.1 Å². The molecule has 5 atom stereocenters. The molecule has 3 aliphatic heterocycles. The topological polar surface area (TPSA) is 63.3 Å². The van der Waals surface area contributed by atoms with E-state index >= 15 is 0 Å². The SMILES string of the molecule is CC(C)(C)[Si](C)(C)O[C@H]1/C=C\CCN(C[C@H]2CCCO2)SNC(=O)c2ccc3c(c2)N(C[C@@H]2CC[C@H]21)C[C@@]1(CCCc2cc(Cl)ccc21)CO3. The van der Waals surface area contributed by atoms with Crippen LogP contribution < -0.4 is 14.4 Å². The number of carbonyl (C=O) groups excluding carboxylic acids is 1. The van der Waals surface area contributed by atoms with Crippen LogP contribution in [0.25, 0.3) is 0 Å². The summed E-state index contributed by atoms with van der Waals surface area (Å²) in [5.41, 5.74) is 4.22. The second kappa shape index (κ2) is 14.8. The van der Waals surface area contributed by atoms with Gasteiger partial charge in [0.25, 0.3) is 5.91 Å². The first-order chi connectivity index (χ1) is 23.9. The van der Waals surface area contributed by atoms with E-state index in [1.54, 1.807) is 0 Å². The lowest BCUT2D eigenvalue weighted by molar-refractivity contribution is 0.0524. The van der Waals surface area contributed by atoms with E-state index in [1.807, 2.05) is 18.2 Å². The number of ether oxygens (including phenoxy) is 2. The molecule has 50 heavy (non-hydrogen) atoms. The van der Waals surface area contributed by atoms with Crippen molar-refractivity contribution in [2.24, 2.45) is 11.8 Å². The van der Waals surface area contributed by atoms with Crippen LogP contribution in [-0.2, 0) is 21.0 Å². The Hall–Kier alpha value is -2.01. The van der Waals surface area contributed by atoms with E-state index in [-0.39, 0.29) is 28.6 Å². The minimum absolute atomic E-state index is 0.0845. The first-order valence-corrected chi connectivity index (χ1v) is 23.0. The molecule has 272 valence electrons. The van der Waals surface area contributed by atoms with E-state index in [1.165, 1.54) is 36.1 Å². The van der Waals surface area contributed by atoms with Gasteiger partial charge in [0.2, 0.25) is 0 Å². The highest BCUT2D eigenvalue weighted by atomic mass is 35.5. The van der Waals surface area contributed by atoms with Crippen molar-refractivity contribution < 1.29 is 18.7 Å². The molecular weight excluding hydrogens is 682 g/mol. The molecule has 10 heteroatoms. The van der Waals surface area contributed by atoms with Crippen molar-refractivity contribution in [2.75, 3.05) is 44.3 Å². The molecule has 5 aliphatic rings. The first kappa shape index (κ1) is 36.3. The molecule has 2 bridgehead atoms. The maximum absolute atomic E-state index is 13.8. The molecule has 1 saturated heterocycles. The zero-order chi connectivity index (χ0) is 35.1. The Morgan fingerprint density at radius 3 is 2.74 bits per heavy atom. The molecule has 0 radical (unpaired) electrons. The van der Waals surface area contributed by atoms with Crippen molar-refractivity contribution in [3.8, 4) is 5.75 Å². The van der Waals surface area contributed by atoms with E-state index < -0.39 is 8.32 Å². The van der Waals surface area contributed by atoms with Gasteiger partial charge in [-0.3, -0.25) is 9.52 Å². The summed E-state index contributed by atoms with van der Waals surface area (Å²) in [7, 11) is -2.03. The second-order valence-corrected chi connectivity index (χ2v) is 23.0. The molecule has 0 unspecified atom stereocenters. The highest BCUT2D eigenvalue weighted by Gasteiger charge is 2.46. The molecule has 1 spiro atoms. The molecule has 7 nitrogen and oxygen atoms in total. The van der Waals surface area contributed by atoms with E-state index in [0.29, 0.717) is 24.0 Å². The van der Waals surface area contributed by atoms with Gasteiger partial charge in [-0.25, -0.2) is 4.31 Å². The van der Waals surface area contributed by atoms with Crippen LogP contribution >= 0.6 is 23.7 Å². The Balaban J connectivity index is 1.25. The maximum Gasteiger partial charge on any atom is 0.262 e. The number of aryl methyl sites for hydroxylation is 1. The van der Waals surface area contributed by atoms with Crippen LogP contribution in [0.4, 0.5) is 5.69 Å². The van der Waals surface area contributed by atoms with Crippen LogP contribution in [0.5, 0.6) is 5.75 Å². The fraction of sp³-hybridized carbons (Fsp3) is 0.625. The fourth-order valence-corrected chi connectivity index (χ4v) is 10.6. The maximum atomic E-state index is 13.8. The Bertz CT molecular complexity index is 1580. The average Bonchev–Trinajstić information content (AvgIpc) is 3.52. The predicted octanol–water partition coefficient (Wildman–Crippen LogP) is 8.96. The van der Waals surface area contributed by atoms with Gasteiger partial charge in [-0.05, 0) is 123 Å². The van der Waals surface area contributed by atoms with Crippen LogP contribution in [0.1, 0.15) is 87.2 Å². The number of anilines is 1. The predicted molar refractivity (Wildman–Crippen MR) is 208 cm³/mol. The average molecular weight is 739 g/mol. The second-order valence-electron chi connectivity index (χ2n) is 16.9. The number of hydrogen-bond donors (Lipinski definition) is 1. The lowest BCUT2D eigenvalue weighted by Crippen LogP contribution is -2.52. The van der Waals surface area contributed by atoms with Crippen LogP contribution in [-0.4, -0.2) is 70.1 Å². The zero-order valence-corrected chi connectivity index (χ0v) is 33.2. The van der Waals surface area contributed by atoms with Crippen molar-refractivity contribution in [2.45, 2.75) is 108 Å². The molecule has 0 aromatic heterocycles. The summed E-state index contributed by atoms with van der Waals surface area (Å²) in [6, 6.07) is 12.5. The monoisotopic (exact) mass is 737 g/mol. The summed E-state index contributed by atoms with van der Waals surface area (Å²) in [5.74, 6) is 1.69. The van der Waals surface area contributed by atoms with Crippen molar-refractivity contribution in [3.05, 3.63) is 70.3 Å². The third-order valence-electron chi connectivity index (χ3n) is 12.5. The number of carbonyl (C=O) groups is 1. The summed E-state index contributed by atoms with van der Waals surface area (Å²) >= 11 is 7.92. The third-order valence-corrected chi connectivity index (χ3v) is 18.0. The summed E-state index contributed by atoms with van der Waals surface area (Å²) in [6.07, 6.45) is 13.6. The Morgan fingerprint density at radius 1 is 1.12 bits per heavy atom. The normalized spacial score (nSPS) is 30.0. The highest BCUT2D eigenvalue weighted by Crippen LogP contribution is 2.48. The van der Waals surface area contributed by atoms with Gasteiger partial charge >= 0.3 is 0 Å². The fourth-order valence-electron chi connectivity index (χ4n) is 8.38. The smallest absolute Gasteiger partial charge is 0.262 e. The largest absolute Gasteiger partial charge is 0.490 e. The quantitative estimate of drug-likeness (QED) is 0.191. The number of hydrogen-bond acceptors (Lipinski definition) is 7. The first-order valence-electron chi connectivity index (χ1n) is 18.9. The number of amides is 1. The minimum atomic E-state index is -2.03. The molecule has 2 aromatic carbocycles. The van der Waals surface area contributed by atoms with Gasteiger partial charge in [0.05, 0.1) is 24.5 Å². The van der Waals surface area contributed by atoms with E-state index in [0.717, 1.165) is 87.8 Å². The standard InChI is InChI=1S/C40H56ClN3O4SSi/c1-39(2,3)50(4,5)48-36-12-6-7-20-44(25-32-11-9-21-46-32)49-42-38(45)29-14-18-37-35(23-29)43(24-30-13-16-33(30)36)26-40(27-47-37)19-8-10-28-22-31(41)15-17-34(28)40/h6,12,14-15,17-18,22-23,30,32-33,36H,7-11,13,16,19-21,24-27H2,1-5H3,(H,42,45)/b12-6-/t30-,32+,33+,36-,40-/m0/s1. The van der Waals surface area contributed by atoms with Gasteiger partial charge in [0.1, 0.15) is 5.75 Å². The Kier molecular flexibility index (Phi) is 10.7. The van der Waals surface area contributed by atoms with Crippen LogP contribution in [0.3, 0.4) is 0 Å². The molecule has 2 aromatic rings. The molecule has 1 N–H and O–H groups in total. The number of benzene rings is 2. The molecule has 1 amide bonds. The molecule has 1 saturated carbocycles. The van der Waals surface area contributed by atoms with Gasteiger partial charge in [-0.15, -0.1) is 0 Å². The molecule has 3 heterocycles. The molecule has 2 aliphatic carbocycles. The van der Waals surface area contributed by atoms with Gasteiger partial charge in [0, 0.05) is 60.9 Å². The number of nitrogens with zero attached hydrogens (tertiary/aromatic N) is 2. The summed E-state index contributed by atoms with van der Waals surface area (Å²) in [6.45, 7) is 16.6. The lowest BCUT2D eigenvalue weighted by atomic mass is 9.68. The molecule has 7 rings (SSSR count). The van der Waals surface area contributed by atoms with Crippen LogP contribution in [0.15, 0.2) is 48.6 Å². The van der Waals surface area contributed by atoms with Gasteiger partial charge in [0.15, 0.2) is 8.32 Å². The van der Waals surface area contributed by atoms with Crippen LogP contribution in [0, 0.1) is 11.8 Å². The summed E-state index contributed by atoms with van der Waals surface area (Å²) in [4.78, 5) is 16.3. The van der Waals surface area contributed by atoms with E-state index in [9.17, 15) is 4.79 Å². The third kappa shape index (κ3) is 7.69. The van der Waals surface area contributed by atoms with Crippen molar-refractivity contribution in [1.82, 2.24) is 9.03 Å². The minimum Gasteiger partial charge on any atom is -0.490 e. The van der Waals surface area contributed by atoms with Crippen molar-refractivity contribution in [3.63, 3.8) is 0 Å². The van der Waals surface area contributed by atoms with Gasteiger partial charge < -0.3 is 18.8 Å². The number of rotatable bonds is 4. The lowest BCUT2D eigenvalue weighted by Gasteiger charge is -2.48. The number of fused-ring (bicyclic) bond motifs is 4. The molecular formula is C40H56ClN3O4SSi. The van der Waals surface area contributed by atoms with Crippen molar-refractivity contribution in [1.29, 1.82) is 0 Å². The zero-order valence-electron chi connectivity index (χ0n) is 30.6. The van der Waals surface area contributed by atoms with E-state index in [4.69, 9.17) is 25.5 Å². The van der Waals surface area contributed by atoms with Gasteiger partial charge in [-0.1, -0.05) is 50.6 Å². The highest BCUT2D eigenvalue weighted by molar-refractivity contribution is 7.95.